The fourth-order valence-corrected chi connectivity index (χ4v) is 5.06. The second-order valence-corrected chi connectivity index (χ2v) is 8.70. The summed E-state index contributed by atoms with van der Waals surface area (Å²) in [7, 11) is 0. The van der Waals surface area contributed by atoms with Crippen molar-refractivity contribution in [3.05, 3.63) is 56.1 Å². The molecule has 1 aliphatic heterocycles. The number of halogens is 1. The Bertz CT molecular complexity index is 1360. The maximum Gasteiger partial charge on any atom is 0.293 e. The summed E-state index contributed by atoms with van der Waals surface area (Å²) in [5.41, 5.74) is 2.93. The van der Waals surface area contributed by atoms with E-state index in [9.17, 15) is 24.2 Å². The van der Waals surface area contributed by atoms with Gasteiger partial charge in [0.25, 0.3) is 12.0 Å². The average molecular weight is 438 g/mol. The minimum atomic E-state index is -1.31. The Labute approximate surface area is 183 Å². The molecule has 0 saturated heterocycles. The Balaban J connectivity index is 1.82. The summed E-state index contributed by atoms with van der Waals surface area (Å²) in [5, 5.41) is 22.0. The van der Waals surface area contributed by atoms with Crippen molar-refractivity contribution in [1.82, 2.24) is 9.55 Å². The molecule has 3 aromatic rings. The van der Waals surface area contributed by atoms with Crippen LogP contribution in [0.5, 0.6) is 5.75 Å². The van der Waals surface area contributed by atoms with E-state index in [2.05, 4.69) is 0 Å². The number of hydrogen-bond donors (Lipinski definition) is 2. The number of carbonyl (C=O) groups is 1. The van der Waals surface area contributed by atoms with E-state index in [1.807, 2.05) is 0 Å². The van der Waals surface area contributed by atoms with Crippen LogP contribution in [0.3, 0.4) is 0 Å². The molecule has 32 heavy (non-hydrogen) atoms. The van der Waals surface area contributed by atoms with Gasteiger partial charge in [-0.05, 0) is 49.8 Å². The molecule has 0 bridgehead atoms. The number of phenolic OH excluding ortho intramolecular Hbond substituents is 1. The third-order valence-corrected chi connectivity index (χ3v) is 6.89. The lowest BCUT2D eigenvalue weighted by atomic mass is 9.86. The lowest BCUT2D eigenvalue weighted by molar-refractivity contribution is -0.129. The van der Waals surface area contributed by atoms with Crippen LogP contribution in [-0.2, 0) is 41.1 Å². The van der Waals surface area contributed by atoms with E-state index in [1.165, 1.54) is 6.07 Å². The molecular weight excluding hydrogens is 415 g/mol. The summed E-state index contributed by atoms with van der Waals surface area (Å²) < 4.78 is 20.8. The molecule has 7 nitrogen and oxygen atoms in total. The van der Waals surface area contributed by atoms with Crippen LogP contribution >= 0.6 is 0 Å². The third kappa shape index (κ3) is 2.79. The van der Waals surface area contributed by atoms with E-state index >= 15 is 0 Å². The summed E-state index contributed by atoms with van der Waals surface area (Å²) in [5.74, 6) is -1.04. The fourth-order valence-electron chi connectivity index (χ4n) is 5.06. The highest BCUT2D eigenvalue weighted by Crippen LogP contribution is 2.43. The number of rotatable bonds is 5. The lowest BCUT2D eigenvalue weighted by Crippen LogP contribution is -2.31. The van der Waals surface area contributed by atoms with E-state index in [0.29, 0.717) is 40.9 Å². The van der Waals surface area contributed by atoms with Crippen LogP contribution in [0.25, 0.3) is 22.3 Å². The Kier molecular flexibility index (Phi) is 4.60. The van der Waals surface area contributed by atoms with Crippen molar-refractivity contribution in [3.8, 4) is 17.1 Å². The molecule has 0 unspecified atom stereocenters. The molecule has 0 spiro atoms. The monoisotopic (exact) mass is 438 g/mol. The van der Waals surface area contributed by atoms with Crippen molar-refractivity contribution in [2.75, 3.05) is 0 Å². The van der Waals surface area contributed by atoms with Crippen molar-refractivity contribution in [2.45, 2.75) is 58.3 Å². The molecule has 2 aromatic heterocycles. The largest absolute Gasteiger partial charge is 0.505 e. The Morgan fingerprint density at radius 1 is 1.28 bits per heavy atom. The number of hydrogen-bond acceptors (Lipinski definition) is 6. The third-order valence-electron chi connectivity index (χ3n) is 6.89. The summed E-state index contributed by atoms with van der Waals surface area (Å²) in [6, 6.07) is 2.96. The van der Waals surface area contributed by atoms with Gasteiger partial charge in [0, 0.05) is 22.6 Å². The fraction of sp³-hybridized carbons (Fsp3) is 0.375. The normalized spacial score (nSPS) is 15.9. The number of pyridine rings is 2. The van der Waals surface area contributed by atoms with Gasteiger partial charge >= 0.3 is 0 Å². The molecule has 3 heterocycles. The summed E-state index contributed by atoms with van der Waals surface area (Å²) >= 11 is 0. The van der Waals surface area contributed by atoms with Crippen LogP contribution in [0.15, 0.2) is 16.9 Å². The molecule has 0 saturated carbocycles. The maximum absolute atomic E-state index is 14.4. The zero-order valence-corrected chi connectivity index (χ0v) is 17.9. The first-order valence-electron chi connectivity index (χ1n) is 10.7. The van der Waals surface area contributed by atoms with Gasteiger partial charge in [-0.1, -0.05) is 6.92 Å². The predicted octanol–water partition coefficient (Wildman–Crippen LogP) is 3.05. The predicted molar refractivity (Wildman–Crippen MR) is 115 cm³/mol. The SMILES string of the molecule is CC[C@](C)(O)c1cc2n(c(=O)c1COC=O)Cc1c-2nc2cc(F)c(O)c3c2c1CCC3. The molecule has 0 radical (unpaired) electrons. The van der Waals surface area contributed by atoms with Crippen LogP contribution in [0.1, 0.15) is 54.5 Å². The number of fused-ring (bicyclic) bond motifs is 4. The molecule has 1 aliphatic carbocycles. The average Bonchev–Trinajstić information content (AvgIpc) is 3.15. The standard InChI is InChI=1S/C24H23FN2O5/c1-3-24(2,31)16-7-19-21-14(9-27(19)23(30)15(16)10-32-11-28)12-5-4-6-13-20(12)18(26-21)8-17(25)22(13)29/h7-8,11,29,31H,3-6,9-10H2,1-2H3/t24-/m0/s1. The zero-order chi connectivity index (χ0) is 22.8. The van der Waals surface area contributed by atoms with E-state index in [1.54, 1.807) is 24.5 Å². The number of aromatic hydroxyl groups is 1. The lowest BCUT2D eigenvalue weighted by Gasteiger charge is -2.25. The Morgan fingerprint density at radius 2 is 2.03 bits per heavy atom. The molecule has 2 aliphatic rings. The summed E-state index contributed by atoms with van der Waals surface area (Å²) in [6.07, 6.45) is 2.41. The maximum atomic E-state index is 14.4. The number of carbonyl (C=O) groups excluding carboxylic acids is 1. The Morgan fingerprint density at radius 3 is 2.75 bits per heavy atom. The molecule has 8 heteroatoms. The quantitative estimate of drug-likeness (QED) is 0.465. The zero-order valence-electron chi connectivity index (χ0n) is 17.9. The minimum absolute atomic E-state index is 0.225. The molecule has 166 valence electrons. The van der Waals surface area contributed by atoms with Gasteiger partial charge in [-0.3, -0.25) is 9.59 Å². The summed E-state index contributed by atoms with van der Waals surface area (Å²) in [4.78, 5) is 28.9. The van der Waals surface area contributed by atoms with E-state index in [4.69, 9.17) is 9.72 Å². The molecule has 2 N–H and O–H groups in total. The number of aliphatic hydroxyl groups is 1. The van der Waals surface area contributed by atoms with Gasteiger partial charge in [0.1, 0.15) is 6.61 Å². The van der Waals surface area contributed by atoms with Crippen LogP contribution in [0.2, 0.25) is 0 Å². The first-order valence-corrected chi connectivity index (χ1v) is 10.7. The number of phenols is 1. The molecule has 1 atom stereocenters. The molecule has 1 aromatic carbocycles. The van der Waals surface area contributed by atoms with Crippen LogP contribution in [0.4, 0.5) is 4.39 Å². The second kappa shape index (κ2) is 7.13. The first kappa shape index (κ1) is 20.6. The van der Waals surface area contributed by atoms with Crippen LogP contribution in [0, 0.1) is 5.82 Å². The first-order chi connectivity index (χ1) is 15.3. The number of benzene rings is 1. The molecule has 0 amide bonds. The van der Waals surface area contributed by atoms with Gasteiger partial charge in [-0.15, -0.1) is 0 Å². The topological polar surface area (TPSA) is 102 Å². The highest BCUT2D eigenvalue weighted by atomic mass is 19.1. The smallest absolute Gasteiger partial charge is 0.293 e. The number of aromatic nitrogens is 2. The van der Waals surface area contributed by atoms with E-state index in [0.717, 1.165) is 29.4 Å². The number of aryl methyl sites for hydroxylation is 2. The van der Waals surface area contributed by atoms with Crippen molar-refractivity contribution in [1.29, 1.82) is 0 Å². The number of ether oxygens (including phenoxy) is 1. The van der Waals surface area contributed by atoms with Gasteiger partial charge in [0.05, 0.1) is 34.6 Å². The van der Waals surface area contributed by atoms with Crippen molar-refractivity contribution < 1.29 is 24.1 Å². The van der Waals surface area contributed by atoms with Gasteiger partial charge in [0.15, 0.2) is 11.6 Å². The van der Waals surface area contributed by atoms with Crippen molar-refractivity contribution in [2.24, 2.45) is 0 Å². The second-order valence-electron chi connectivity index (χ2n) is 8.70. The van der Waals surface area contributed by atoms with Crippen LogP contribution < -0.4 is 5.56 Å². The van der Waals surface area contributed by atoms with E-state index < -0.39 is 11.4 Å². The van der Waals surface area contributed by atoms with Crippen molar-refractivity contribution >= 4 is 17.4 Å². The van der Waals surface area contributed by atoms with E-state index in [-0.39, 0.29) is 36.5 Å². The van der Waals surface area contributed by atoms with Gasteiger partial charge in [0.2, 0.25) is 0 Å². The minimum Gasteiger partial charge on any atom is -0.505 e. The Hall–Kier alpha value is -3.26. The molecular formula is C24H23FN2O5. The molecule has 5 rings (SSSR count). The van der Waals surface area contributed by atoms with Crippen molar-refractivity contribution in [3.63, 3.8) is 0 Å². The van der Waals surface area contributed by atoms with Gasteiger partial charge in [-0.25, -0.2) is 9.37 Å². The highest BCUT2D eigenvalue weighted by Gasteiger charge is 2.34. The molecule has 0 fully saturated rings. The van der Waals surface area contributed by atoms with Gasteiger partial charge < -0.3 is 19.5 Å². The number of nitrogens with zero attached hydrogens (tertiary/aromatic N) is 2. The van der Waals surface area contributed by atoms with Crippen LogP contribution in [-0.4, -0.2) is 26.2 Å². The highest BCUT2D eigenvalue weighted by molar-refractivity contribution is 5.93. The summed E-state index contributed by atoms with van der Waals surface area (Å²) in [6.45, 7) is 3.73. The van der Waals surface area contributed by atoms with Gasteiger partial charge in [-0.2, -0.15) is 0 Å².